The summed E-state index contributed by atoms with van der Waals surface area (Å²) in [4.78, 5) is 35.5. The molecule has 20 heavy (non-hydrogen) atoms. The van der Waals surface area contributed by atoms with Gasteiger partial charge in [-0.05, 0) is 6.07 Å². The number of aromatic nitrogens is 1. The molecule has 2 aromatic rings. The highest BCUT2D eigenvalue weighted by Crippen LogP contribution is 2.20. The molecule has 7 nitrogen and oxygen atoms in total. The minimum Gasteiger partial charge on any atom is -0.367 e. The van der Waals surface area contributed by atoms with Gasteiger partial charge < -0.3 is 10.3 Å². The van der Waals surface area contributed by atoms with Gasteiger partial charge in [-0.15, -0.1) is 0 Å². The Hall–Kier alpha value is -3.03. The fraction of sp³-hybridized carbons (Fsp3) is 0. The Morgan fingerprint density at radius 1 is 1.35 bits per heavy atom. The molecule has 0 saturated heterocycles. The molecule has 1 amide bonds. The molecule has 0 aliphatic carbocycles. The van der Waals surface area contributed by atoms with Crippen molar-refractivity contribution < 1.29 is 14.1 Å². The second-order valence-corrected chi connectivity index (χ2v) is 3.80. The number of nitro benzene ring substituents is 1. The third-order valence-corrected chi connectivity index (χ3v) is 2.48. The van der Waals surface area contributed by atoms with Crippen LogP contribution in [-0.2, 0) is 0 Å². The van der Waals surface area contributed by atoms with Gasteiger partial charge in [-0.1, -0.05) is 0 Å². The second-order valence-electron chi connectivity index (χ2n) is 3.80. The van der Waals surface area contributed by atoms with E-state index in [0.717, 1.165) is 18.2 Å². The predicted molar refractivity (Wildman–Crippen MR) is 68.1 cm³/mol. The van der Waals surface area contributed by atoms with Gasteiger partial charge in [0, 0.05) is 24.5 Å². The Kier molecular flexibility index (Phi) is 3.56. The average Bonchev–Trinajstić information content (AvgIpc) is 2.41. The summed E-state index contributed by atoms with van der Waals surface area (Å²) in [6.45, 7) is 0. The van der Waals surface area contributed by atoms with Gasteiger partial charge in [-0.25, -0.2) is 4.39 Å². The SMILES string of the molecule is O=C(Nc1ccc([N+](=O)[O-])cc1F)c1c[nH]ccc1=O. The lowest BCUT2D eigenvalue weighted by Crippen LogP contribution is -2.21. The maximum absolute atomic E-state index is 13.6. The molecule has 0 aliphatic heterocycles. The van der Waals surface area contributed by atoms with Crippen LogP contribution in [0.15, 0.2) is 41.5 Å². The monoisotopic (exact) mass is 277 g/mol. The van der Waals surface area contributed by atoms with Gasteiger partial charge in [0.25, 0.3) is 11.6 Å². The van der Waals surface area contributed by atoms with Crippen molar-refractivity contribution in [2.24, 2.45) is 0 Å². The van der Waals surface area contributed by atoms with E-state index in [4.69, 9.17) is 0 Å². The molecule has 1 heterocycles. The topological polar surface area (TPSA) is 105 Å². The molecule has 0 fully saturated rings. The number of halogens is 1. The lowest BCUT2D eigenvalue weighted by molar-refractivity contribution is -0.385. The highest BCUT2D eigenvalue weighted by Gasteiger charge is 2.15. The second kappa shape index (κ2) is 5.31. The Balaban J connectivity index is 2.27. The molecule has 0 bridgehead atoms. The third-order valence-electron chi connectivity index (χ3n) is 2.48. The van der Waals surface area contributed by atoms with Gasteiger partial charge in [0.15, 0.2) is 11.2 Å². The number of benzene rings is 1. The zero-order chi connectivity index (χ0) is 14.7. The van der Waals surface area contributed by atoms with Crippen LogP contribution in [0.1, 0.15) is 10.4 Å². The first-order valence-electron chi connectivity index (χ1n) is 5.41. The highest BCUT2D eigenvalue weighted by molar-refractivity contribution is 6.04. The number of H-pyrrole nitrogens is 1. The van der Waals surface area contributed by atoms with E-state index in [-0.39, 0.29) is 11.3 Å². The summed E-state index contributed by atoms with van der Waals surface area (Å²) in [5.41, 5.74) is -1.39. The quantitative estimate of drug-likeness (QED) is 0.657. The fourth-order valence-corrected chi connectivity index (χ4v) is 1.50. The molecule has 0 spiro atoms. The molecule has 1 aromatic heterocycles. The summed E-state index contributed by atoms with van der Waals surface area (Å²) in [6.07, 6.45) is 2.53. The molecule has 2 N–H and O–H groups in total. The first kappa shape index (κ1) is 13.4. The van der Waals surface area contributed by atoms with E-state index in [1.165, 1.54) is 12.4 Å². The number of aromatic amines is 1. The van der Waals surface area contributed by atoms with Crippen LogP contribution in [0.2, 0.25) is 0 Å². The van der Waals surface area contributed by atoms with Gasteiger partial charge in [-0.2, -0.15) is 0 Å². The number of nitrogens with zero attached hydrogens (tertiary/aromatic N) is 1. The third kappa shape index (κ3) is 2.69. The lowest BCUT2D eigenvalue weighted by atomic mass is 10.2. The van der Waals surface area contributed by atoms with Crippen LogP contribution in [0.3, 0.4) is 0 Å². The molecule has 2 rings (SSSR count). The Labute approximate surface area is 111 Å². The molecular formula is C12H8FN3O4. The molecular weight excluding hydrogens is 269 g/mol. The van der Waals surface area contributed by atoms with E-state index in [1.807, 2.05) is 0 Å². The number of non-ortho nitro benzene ring substituents is 1. The zero-order valence-electron chi connectivity index (χ0n) is 9.92. The van der Waals surface area contributed by atoms with Crippen LogP contribution in [0.5, 0.6) is 0 Å². The number of nitrogens with one attached hydrogen (secondary N) is 2. The van der Waals surface area contributed by atoms with E-state index in [2.05, 4.69) is 10.3 Å². The van der Waals surface area contributed by atoms with Crippen LogP contribution in [-0.4, -0.2) is 15.8 Å². The standard InChI is InChI=1S/C12H8FN3O4/c13-9-5-7(16(19)20)1-2-10(9)15-12(18)8-6-14-4-3-11(8)17/h1-6H,(H,14,17)(H,15,18). The minimum absolute atomic E-state index is 0.190. The molecule has 0 saturated carbocycles. The molecule has 0 unspecified atom stereocenters. The highest BCUT2D eigenvalue weighted by atomic mass is 19.1. The van der Waals surface area contributed by atoms with Crippen LogP contribution >= 0.6 is 0 Å². The van der Waals surface area contributed by atoms with Gasteiger partial charge in [0.05, 0.1) is 16.7 Å². The van der Waals surface area contributed by atoms with Crippen molar-refractivity contribution in [2.45, 2.75) is 0 Å². The Morgan fingerprint density at radius 3 is 2.70 bits per heavy atom. The smallest absolute Gasteiger partial charge is 0.272 e. The van der Waals surface area contributed by atoms with E-state index >= 15 is 0 Å². The number of nitro groups is 1. The number of carbonyl (C=O) groups excluding carboxylic acids is 1. The number of amides is 1. The molecule has 1 aromatic carbocycles. The predicted octanol–water partition coefficient (Wildman–Crippen LogP) is 1.67. The Morgan fingerprint density at radius 2 is 2.10 bits per heavy atom. The van der Waals surface area contributed by atoms with E-state index < -0.39 is 27.8 Å². The number of rotatable bonds is 3. The number of carbonyl (C=O) groups is 1. The minimum atomic E-state index is -0.958. The molecule has 0 aliphatic rings. The van der Waals surface area contributed by atoms with Crippen molar-refractivity contribution in [1.82, 2.24) is 4.98 Å². The average molecular weight is 277 g/mol. The lowest BCUT2D eigenvalue weighted by Gasteiger charge is -2.05. The summed E-state index contributed by atoms with van der Waals surface area (Å²) in [7, 11) is 0. The van der Waals surface area contributed by atoms with Crippen LogP contribution in [0.25, 0.3) is 0 Å². The Bertz CT molecular complexity index is 741. The summed E-state index contributed by atoms with van der Waals surface area (Å²) in [5.74, 6) is -1.76. The first-order chi connectivity index (χ1) is 9.49. The summed E-state index contributed by atoms with van der Waals surface area (Å²) in [5, 5.41) is 12.6. The first-order valence-corrected chi connectivity index (χ1v) is 5.41. The van der Waals surface area contributed by atoms with Crippen molar-refractivity contribution in [3.8, 4) is 0 Å². The fourth-order valence-electron chi connectivity index (χ4n) is 1.50. The van der Waals surface area contributed by atoms with Crippen LogP contribution in [0.4, 0.5) is 15.8 Å². The molecule has 0 radical (unpaired) electrons. The van der Waals surface area contributed by atoms with Crippen molar-refractivity contribution in [3.63, 3.8) is 0 Å². The molecule has 102 valence electrons. The zero-order valence-corrected chi connectivity index (χ0v) is 9.92. The maximum atomic E-state index is 13.6. The van der Waals surface area contributed by atoms with Crippen molar-refractivity contribution in [3.05, 3.63) is 68.4 Å². The normalized spacial score (nSPS) is 10.1. The maximum Gasteiger partial charge on any atom is 0.272 e. The molecule has 8 heteroatoms. The molecule has 0 atom stereocenters. The summed E-state index contributed by atoms with van der Waals surface area (Å²) >= 11 is 0. The van der Waals surface area contributed by atoms with Crippen molar-refractivity contribution in [1.29, 1.82) is 0 Å². The number of pyridine rings is 1. The van der Waals surface area contributed by atoms with Gasteiger partial charge in [0.2, 0.25) is 0 Å². The summed E-state index contributed by atoms with van der Waals surface area (Å²) < 4.78 is 13.6. The van der Waals surface area contributed by atoms with E-state index in [9.17, 15) is 24.1 Å². The number of hydrogen-bond acceptors (Lipinski definition) is 4. The van der Waals surface area contributed by atoms with Crippen molar-refractivity contribution in [2.75, 3.05) is 5.32 Å². The van der Waals surface area contributed by atoms with Gasteiger partial charge in [-0.3, -0.25) is 19.7 Å². The van der Waals surface area contributed by atoms with Crippen molar-refractivity contribution >= 4 is 17.3 Å². The van der Waals surface area contributed by atoms with Crippen LogP contribution in [0, 0.1) is 15.9 Å². The van der Waals surface area contributed by atoms with Crippen LogP contribution < -0.4 is 10.7 Å². The van der Waals surface area contributed by atoms with E-state index in [1.54, 1.807) is 0 Å². The largest absolute Gasteiger partial charge is 0.367 e. The number of anilines is 1. The summed E-state index contributed by atoms with van der Waals surface area (Å²) in [6, 6.07) is 3.95. The van der Waals surface area contributed by atoms with E-state index in [0.29, 0.717) is 6.07 Å². The van der Waals surface area contributed by atoms with Gasteiger partial charge >= 0.3 is 0 Å². The number of hydrogen-bond donors (Lipinski definition) is 2. The van der Waals surface area contributed by atoms with Gasteiger partial charge in [0.1, 0.15) is 5.56 Å².